The number of ether oxygens (including phenoxy) is 1. The van der Waals surface area contributed by atoms with Crippen LogP contribution in [0.3, 0.4) is 0 Å². The molecule has 4 rings (SSSR count). The van der Waals surface area contributed by atoms with E-state index in [0.717, 1.165) is 58.3 Å². The molecule has 2 fully saturated rings. The minimum absolute atomic E-state index is 0.387. The van der Waals surface area contributed by atoms with Gasteiger partial charge >= 0.3 is 0 Å². The van der Waals surface area contributed by atoms with Gasteiger partial charge in [0.15, 0.2) is 5.96 Å². The van der Waals surface area contributed by atoms with E-state index in [1.165, 1.54) is 17.5 Å². The third-order valence-electron chi connectivity index (χ3n) is 6.36. The first kappa shape index (κ1) is 20.9. The number of guanidine groups is 1. The molecule has 5 heteroatoms. The highest BCUT2D eigenvalue weighted by molar-refractivity contribution is 5.80. The van der Waals surface area contributed by atoms with Gasteiger partial charge in [0.25, 0.3) is 0 Å². The smallest absolute Gasteiger partial charge is 0.193 e. The Hall–Kier alpha value is -2.37. The molecule has 0 spiro atoms. The molecule has 1 unspecified atom stereocenters. The molecule has 2 aromatic rings. The molecule has 1 atom stereocenters. The first-order valence-electron chi connectivity index (χ1n) is 11.2. The molecule has 2 aliphatic heterocycles. The van der Waals surface area contributed by atoms with Crippen LogP contribution in [0.25, 0.3) is 0 Å². The highest BCUT2D eigenvalue weighted by Crippen LogP contribution is 2.27. The lowest BCUT2D eigenvalue weighted by atomic mass is 9.88. The van der Waals surface area contributed by atoms with Crippen molar-refractivity contribution in [3.63, 3.8) is 0 Å². The van der Waals surface area contributed by atoms with Gasteiger partial charge in [-0.15, -0.1) is 0 Å². The van der Waals surface area contributed by atoms with Crippen LogP contribution in [0.15, 0.2) is 65.7 Å². The van der Waals surface area contributed by atoms with Crippen molar-refractivity contribution in [3.8, 4) is 0 Å². The lowest BCUT2D eigenvalue weighted by Gasteiger charge is -2.32. The fourth-order valence-corrected chi connectivity index (χ4v) is 4.73. The summed E-state index contributed by atoms with van der Waals surface area (Å²) in [4.78, 5) is 9.58. The van der Waals surface area contributed by atoms with E-state index in [1.54, 1.807) is 0 Å². The Morgan fingerprint density at radius 2 is 1.63 bits per heavy atom. The molecule has 5 nitrogen and oxygen atoms in total. The van der Waals surface area contributed by atoms with Crippen LogP contribution in [0, 0.1) is 0 Å². The molecule has 0 amide bonds. The Morgan fingerprint density at radius 3 is 2.23 bits per heavy atom. The van der Waals surface area contributed by atoms with Crippen molar-refractivity contribution in [2.75, 3.05) is 53.0 Å². The van der Waals surface area contributed by atoms with E-state index in [-0.39, 0.29) is 0 Å². The van der Waals surface area contributed by atoms with Crippen LogP contribution in [0.5, 0.6) is 0 Å². The Kier molecular flexibility index (Phi) is 7.38. The number of morpholine rings is 1. The normalized spacial score (nSPS) is 20.7. The molecule has 0 saturated carbocycles. The molecular formula is C25H34N4O. The van der Waals surface area contributed by atoms with Crippen LogP contribution in [0.4, 0.5) is 0 Å². The van der Waals surface area contributed by atoms with Gasteiger partial charge in [-0.05, 0) is 24.0 Å². The lowest BCUT2D eigenvalue weighted by molar-refractivity contribution is 0.0195. The molecule has 30 heavy (non-hydrogen) atoms. The summed E-state index contributed by atoms with van der Waals surface area (Å²) in [7, 11) is 1.90. The number of nitrogens with one attached hydrogen (secondary N) is 1. The third-order valence-corrected chi connectivity index (χ3v) is 6.36. The van der Waals surface area contributed by atoms with E-state index in [1.807, 2.05) is 7.05 Å². The summed E-state index contributed by atoms with van der Waals surface area (Å²) >= 11 is 0. The zero-order valence-electron chi connectivity index (χ0n) is 18.0. The summed E-state index contributed by atoms with van der Waals surface area (Å²) in [6, 6.07) is 22.3. The van der Waals surface area contributed by atoms with Crippen molar-refractivity contribution < 1.29 is 4.74 Å². The van der Waals surface area contributed by atoms with Gasteiger partial charge in [0.1, 0.15) is 0 Å². The van der Waals surface area contributed by atoms with Crippen molar-refractivity contribution in [2.45, 2.75) is 24.8 Å². The maximum atomic E-state index is 5.51. The summed E-state index contributed by atoms with van der Waals surface area (Å²) in [6.07, 6.45) is 2.24. The van der Waals surface area contributed by atoms with Crippen molar-refractivity contribution in [1.82, 2.24) is 15.1 Å². The minimum Gasteiger partial charge on any atom is -0.379 e. The van der Waals surface area contributed by atoms with E-state index in [2.05, 4.69) is 80.8 Å². The number of hydrogen-bond acceptors (Lipinski definition) is 3. The van der Waals surface area contributed by atoms with Gasteiger partial charge in [-0.2, -0.15) is 0 Å². The number of rotatable bonds is 6. The first-order valence-corrected chi connectivity index (χ1v) is 11.2. The Morgan fingerprint density at radius 1 is 1.00 bits per heavy atom. The second-order valence-corrected chi connectivity index (χ2v) is 8.17. The molecule has 160 valence electrons. The van der Waals surface area contributed by atoms with E-state index < -0.39 is 0 Å². The largest absolute Gasteiger partial charge is 0.379 e. The zero-order valence-corrected chi connectivity index (χ0v) is 18.0. The maximum absolute atomic E-state index is 5.51. The molecule has 2 heterocycles. The molecule has 2 saturated heterocycles. The molecule has 0 radical (unpaired) electrons. The maximum Gasteiger partial charge on any atom is 0.193 e. The predicted octanol–water partition coefficient (Wildman–Crippen LogP) is 3.19. The van der Waals surface area contributed by atoms with Gasteiger partial charge in [-0.3, -0.25) is 9.89 Å². The van der Waals surface area contributed by atoms with Gasteiger partial charge in [-0.25, -0.2) is 0 Å². The van der Waals surface area contributed by atoms with Crippen molar-refractivity contribution >= 4 is 5.96 Å². The predicted molar refractivity (Wildman–Crippen MR) is 123 cm³/mol. The Balaban J connectivity index is 1.34. The number of benzene rings is 2. The van der Waals surface area contributed by atoms with Crippen molar-refractivity contribution in [3.05, 3.63) is 71.8 Å². The molecule has 0 aliphatic carbocycles. The van der Waals surface area contributed by atoms with Crippen LogP contribution in [-0.4, -0.2) is 74.8 Å². The first-order chi connectivity index (χ1) is 14.8. The minimum atomic E-state index is 0.387. The highest BCUT2D eigenvalue weighted by Gasteiger charge is 2.30. The van der Waals surface area contributed by atoms with Gasteiger partial charge in [0.2, 0.25) is 0 Å². The molecule has 2 aromatic carbocycles. The van der Waals surface area contributed by atoms with Crippen LogP contribution in [0.2, 0.25) is 0 Å². The van der Waals surface area contributed by atoms with Gasteiger partial charge in [-0.1, -0.05) is 60.7 Å². The lowest BCUT2D eigenvalue weighted by Crippen LogP contribution is -2.46. The molecular weight excluding hydrogens is 372 g/mol. The van der Waals surface area contributed by atoms with Gasteiger partial charge in [0.05, 0.1) is 13.2 Å². The number of nitrogens with zero attached hydrogens (tertiary/aromatic N) is 3. The monoisotopic (exact) mass is 406 g/mol. The van der Waals surface area contributed by atoms with Crippen LogP contribution >= 0.6 is 0 Å². The fourth-order valence-electron chi connectivity index (χ4n) is 4.73. The summed E-state index contributed by atoms with van der Waals surface area (Å²) in [5, 5.41) is 3.64. The molecule has 1 N–H and O–H groups in total. The standard InChI is InChI=1S/C25H34N4O/c1-26-25(29-15-13-23(20-29)28-16-18-30-19-17-28)27-14-12-24(21-8-4-2-5-9-21)22-10-6-3-7-11-22/h2-11,23-24H,12-20H2,1H3,(H,26,27). The SMILES string of the molecule is CN=C(NCCC(c1ccccc1)c1ccccc1)N1CCC(N2CCOCC2)C1. The van der Waals surface area contributed by atoms with Crippen LogP contribution in [-0.2, 0) is 4.74 Å². The number of aliphatic imine (C=N–C) groups is 1. The summed E-state index contributed by atoms with van der Waals surface area (Å²) in [5.41, 5.74) is 2.74. The fraction of sp³-hybridized carbons (Fsp3) is 0.480. The third kappa shape index (κ3) is 5.21. The molecule has 0 bridgehead atoms. The quantitative estimate of drug-likeness (QED) is 0.591. The topological polar surface area (TPSA) is 40.1 Å². The van der Waals surface area contributed by atoms with E-state index >= 15 is 0 Å². The number of hydrogen-bond donors (Lipinski definition) is 1. The van der Waals surface area contributed by atoms with Crippen molar-refractivity contribution in [2.24, 2.45) is 4.99 Å². The van der Waals surface area contributed by atoms with E-state index in [9.17, 15) is 0 Å². The molecule has 2 aliphatic rings. The average Bonchev–Trinajstić information content (AvgIpc) is 3.31. The second-order valence-electron chi connectivity index (χ2n) is 8.17. The van der Waals surface area contributed by atoms with Gasteiger partial charge < -0.3 is 15.0 Å². The van der Waals surface area contributed by atoms with E-state index in [0.29, 0.717) is 12.0 Å². The van der Waals surface area contributed by atoms with E-state index in [4.69, 9.17) is 4.74 Å². The summed E-state index contributed by atoms with van der Waals surface area (Å²) in [6.45, 7) is 6.87. The Bertz CT molecular complexity index is 750. The highest BCUT2D eigenvalue weighted by atomic mass is 16.5. The second kappa shape index (κ2) is 10.6. The average molecular weight is 407 g/mol. The summed E-state index contributed by atoms with van der Waals surface area (Å²) in [5.74, 6) is 1.42. The van der Waals surface area contributed by atoms with Crippen LogP contribution in [0.1, 0.15) is 29.9 Å². The van der Waals surface area contributed by atoms with Crippen LogP contribution < -0.4 is 5.32 Å². The summed E-state index contributed by atoms with van der Waals surface area (Å²) < 4.78 is 5.51. The van der Waals surface area contributed by atoms with Gasteiger partial charge in [0, 0.05) is 51.7 Å². The Labute approximate surface area is 180 Å². The molecule has 0 aromatic heterocycles. The number of likely N-dealkylation sites (tertiary alicyclic amines) is 1. The zero-order chi connectivity index (χ0) is 20.6. The van der Waals surface area contributed by atoms with Crippen molar-refractivity contribution in [1.29, 1.82) is 0 Å².